The average Bonchev–Trinajstić information content (AvgIpc) is 2.10. The summed E-state index contributed by atoms with van der Waals surface area (Å²) in [6, 6.07) is 1.81. The van der Waals surface area contributed by atoms with Gasteiger partial charge in [0.15, 0.2) is 0 Å². The molecule has 0 radical (unpaired) electrons. The van der Waals surface area contributed by atoms with E-state index in [1.54, 1.807) is 0 Å². The molecule has 0 aromatic rings. The first-order valence-corrected chi connectivity index (χ1v) is 5.25. The molecule has 15 heavy (non-hydrogen) atoms. The van der Waals surface area contributed by atoms with E-state index in [-0.39, 0.29) is 24.0 Å². The Labute approximate surface area is 92.3 Å². The van der Waals surface area contributed by atoms with Crippen molar-refractivity contribution in [3.63, 3.8) is 0 Å². The van der Waals surface area contributed by atoms with Crippen molar-refractivity contribution in [2.45, 2.75) is 46.2 Å². The third kappa shape index (κ3) is 5.38. The van der Waals surface area contributed by atoms with Gasteiger partial charge < -0.3 is 5.32 Å². The molecule has 0 aliphatic carbocycles. The van der Waals surface area contributed by atoms with Crippen LogP contribution in [0.3, 0.4) is 0 Å². The maximum absolute atomic E-state index is 11.8. The number of hydrogen-bond donors (Lipinski definition) is 1. The van der Waals surface area contributed by atoms with Crippen molar-refractivity contribution in [1.82, 2.24) is 10.2 Å². The molecule has 4 nitrogen and oxygen atoms in total. The molecule has 0 saturated carbocycles. The Morgan fingerprint density at radius 2 is 2.07 bits per heavy atom. The van der Waals surface area contributed by atoms with E-state index in [0.717, 1.165) is 0 Å². The van der Waals surface area contributed by atoms with E-state index >= 15 is 0 Å². The lowest BCUT2D eigenvalue weighted by atomic mass is 10.1. The van der Waals surface area contributed by atoms with Crippen LogP contribution < -0.4 is 5.32 Å². The van der Waals surface area contributed by atoms with Gasteiger partial charge in [0.25, 0.3) is 0 Å². The van der Waals surface area contributed by atoms with Crippen LogP contribution in [-0.4, -0.2) is 35.5 Å². The maximum Gasteiger partial charge on any atom is 0.237 e. The van der Waals surface area contributed by atoms with Crippen LogP contribution in [0.5, 0.6) is 0 Å². The molecule has 0 bridgehead atoms. The lowest BCUT2D eigenvalue weighted by molar-refractivity contribution is -0.127. The molecule has 1 amide bonds. The van der Waals surface area contributed by atoms with Crippen LogP contribution in [0.25, 0.3) is 0 Å². The van der Waals surface area contributed by atoms with Crippen LogP contribution >= 0.6 is 0 Å². The summed E-state index contributed by atoms with van der Waals surface area (Å²) in [6.45, 7) is 10.6. The summed E-state index contributed by atoms with van der Waals surface area (Å²) < 4.78 is 0. The zero-order chi connectivity index (χ0) is 12.1. The molecule has 1 unspecified atom stereocenters. The van der Waals surface area contributed by atoms with Crippen LogP contribution in [0, 0.1) is 11.3 Å². The number of carbonyl (C=O) groups is 1. The first kappa shape index (κ1) is 13.9. The highest BCUT2D eigenvalue weighted by atomic mass is 16.2. The van der Waals surface area contributed by atoms with Gasteiger partial charge in [-0.3, -0.25) is 9.69 Å². The largest absolute Gasteiger partial charge is 0.350 e. The molecule has 4 heteroatoms. The van der Waals surface area contributed by atoms with Crippen molar-refractivity contribution in [3.8, 4) is 6.07 Å². The van der Waals surface area contributed by atoms with E-state index in [0.29, 0.717) is 6.54 Å². The number of nitrogens with one attached hydrogen (secondary N) is 1. The molecular formula is C11H21N3O. The summed E-state index contributed by atoms with van der Waals surface area (Å²) in [5.74, 6) is -0.0281. The minimum Gasteiger partial charge on any atom is -0.350 e. The molecule has 86 valence electrons. The minimum atomic E-state index is -0.256. The van der Waals surface area contributed by atoms with Crippen LogP contribution in [0.1, 0.15) is 34.6 Å². The van der Waals surface area contributed by atoms with Gasteiger partial charge in [0.05, 0.1) is 18.7 Å². The summed E-state index contributed by atoms with van der Waals surface area (Å²) in [4.78, 5) is 13.6. The zero-order valence-electron chi connectivity index (χ0n) is 10.3. The second kappa shape index (κ2) is 5.72. The van der Waals surface area contributed by atoms with Gasteiger partial charge in [-0.05, 0) is 34.2 Å². The third-order valence-electron chi connectivity index (χ3n) is 2.11. The molecule has 0 aromatic heterocycles. The summed E-state index contributed by atoms with van der Waals surface area (Å²) in [7, 11) is 0. The predicted molar refractivity (Wildman–Crippen MR) is 60.2 cm³/mol. The molecule has 0 aliphatic heterocycles. The van der Waals surface area contributed by atoms with Crippen molar-refractivity contribution < 1.29 is 4.79 Å². The second-order valence-electron chi connectivity index (χ2n) is 4.64. The fraction of sp³-hybridized carbons (Fsp3) is 0.818. The quantitative estimate of drug-likeness (QED) is 0.709. The highest BCUT2D eigenvalue weighted by molar-refractivity contribution is 5.81. The van der Waals surface area contributed by atoms with E-state index in [9.17, 15) is 4.79 Å². The third-order valence-corrected chi connectivity index (χ3v) is 2.11. The van der Waals surface area contributed by atoms with Gasteiger partial charge in [0.1, 0.15) is 0 Å². The number of hydrogen-bond acceptors (Lipinski definition) is 3. The lowest BCUT2D eigenvalue weighted by Crippen LogP contribution is -2.51. The van der Waals surface area contributed by atoms with Crippen LogP contribution in [0.4, 0.5) is 0 Å². The van der Waals surface area contributed by atoms with Crippen molar-refractivity contribution in [2.24, 2.45) is 0 Å². The van der Waals surface area contributed by atoms with Crippen LogP contribution in [0.2, 0.25) is 0 Å². The van der Waals surface area contributed by atoms with Gasteiger partial charge in [-0.2, -0.15) is 5.26 Å². The number of amides is 1. The van der Waals surface area contributed by atoms with Crippen molar-refractivity contribution in [2.75, 3.05) is 13.1 Å². The van der Waals surface area contributed by atoms with E-state index in [4.69, 9.17) is 5.26 Å². The molecule has 0 aliphatic rings. The van der Waals surface area contributed by atoms with Gasteiger partial charge >= 0.3 is 0 Å². The Hall–Kier alpha value is -1.08. The fourth-order valence-electron chi connectivity index (χ4n) is 1.25. The number of nitriles is 1. The molecule has 0 heterocycles. The number of likely N-dealkylation sites (N-methyl/N-ethyl adjacent to an activating group) is 1. The summed E-state index contributed by atoms with van der Waals surface area (Å²) in [5, 5.41) is 11.5. The molecular weight excluding hydrogens is 190 g/mol. The predicted octanol–water partition coefficient (Wildman–Crippen LogP) is 1.14. The number of carbonyl (C=O) groups excluding carboxylic acids is 1. The summed E-state index contributed by atoms with van der Waals surface area (Å²) in [6.07, 6.45) is 0. The lowest BCUT2D eigenvalue weighted by Gasteiger charge is -2.28. The molecule has 1 N–H and O–H groups in total. The number of rotatable bonds is 4. The Bertz CT molecular complexity index is 250. The van der Waals surface area contributed by atoms with Gasteiger partial charge in [-0.15, -0.1) is 0 Å². The molecule has 0 spiro atoms. The standard InChI is InChI=1S/C11H21N3O/c1-6-14(8-7-12)9(2)10(15)13-11(3,4)5/h9H,6,8H2,1-5H3,(H,13,15). The van der Waals surface area contributed by atoms with E-state index < -0.39 is 0 Å². The van der Waals surface area contributed by atoms with Gasteiger partial charge in [0.2, 0.25) is 5.91 Å². The monoisotopic (exact) mass is 211 g/mol. The van der Waals surface area contributed by atoms with E-state index in [1.807, 2.05) is 39.5 Å². The number of nitrogens with zero attached hydrogens (tertiary/aromatic N) is 2. The molecule has 0 aromatic carbocycles. The zero-order valence-corrected chi connectivity index (χ0v) is 10.3. The topological polar surface area (TPSA) is 56.1 Å². The van der Waals surface area contributed by atoms with Crippen LogP contribution in [0.15, 0.2) is 0 Å². The van der Waals surface area contributed by atoms with Crippen LogP contribution in [-0.2, 0) is 4.79 Å². The van der Waals surface area contributed by atoms with Gasteiger partial charge in [-0.1, -0.05) is 6.92 Å². The Kier molecular flexibility index (Phi) is 5.31. The Morgan fingerprint density at radius 3 is 2.40 bits per heavy atom. The summed E-state index contributed by atoms with van der Waals surface area (Å²) >= 11 is 0. The van der Waals surface area contributed by atoms with Crippen molar-refractivity contribution in [3.05, 3.63) is 0 Å². The Balaban J connectivity index is 4.36. The molecule has 0 rings (SSSR count). The first-order chi connectivity index (χ1) is 6.81. The minimum absolute atomic E-state index is 0.0281. The fourth-order valence-corrected chi connectivity index (χ4v) is 1.25. The molecule has 0 saturated heterocycles. The van der Waals surface area contributed by atoms with Gasteiger partial charge in [0, 0.05) is 5.54 Å². The van der Waals surface area contributed by atoms with E-state index in [2.05, 4.69) is 11.4 Å². The average molecular weight is 211 g/mol. The first-order valence-electron chi connectivity index (χ1n) is 5.25. The highest BCUT2D eigenvalue weighted by Gasteiger charge is 2.23. The molecule has 1 atom stereocenters. The molecule has 0 fully saturated rings. The second-order valence-corrected chi connectivity index (χ2v) is 4.64. The normalized spacial score (nSPS) is 13.4. The highest BCUT2D eigenvalue weighted by Crippen LogP contribution is 2.03. The maximum atomic E-state index is 11.8. The smallest absolute Gasteiger partial charge is 0.237 e. The van der Waals surface area contributed by atoms with E-state index in [1.165, 1.54) is 0 Å². The van der Waals surface area contributed by atoms with Gasteiger partial charge in [-0.25, -0.2) is 0 Å². The SMILES string of the molecule is CCN(CC#N)C(C)C(=O)NC(C)(C)C. The summed E-state index contributed by atoms with van der Waals surface area (Å²) in [5.41, 5.74) is -0.225. The van der Waals surface area contributed by atoms with Crippen molar-refractivity contribution >= 4 is 5.91 Å². The Morgan fingerprint density at radius 1 is 1.53 bits per heavy atom. The van der Waals surface area contributed by atoms with Crippen molar-refractivity contribution in [1.29, 1.82) is 5.26 Å².